The Balaban J connectivity index is 1.68. The fraction of sp³-hybridized carbons (Fsp3) is 0.350. The van der Waals surface area contributed by atoms with Gasteiger partial charge in [-0.2, -0.15) is 0 Å². The number of rotatable bonds is 4. The fourth-order valence-electron chi connectivity index (χ4n) is 3.36. The van der Waals surface area contributed by atoms with E-state index in [-0.39, 0.29) is 21.4 Å². The first kappa shape index (κ1) is 21.7. The second-order valence-electron chi connectivity index (χ2n) is 7.11. The predicted molar refractivity (Wildman–Crippen MR) is 107 cm³/mol. The highest BCUT2D eigenvalue weighted by Crippen LogP contribution is 2.23. The Morgan fingerprint density at radius 2 is 1.72 bits per heavy atom. The number of carbonyl (C=O) groups is 1. The molecule has 0 bridgehead atoms. The Labute approximate surface area is 173 Å². The van der Waals surface area contributed by atoms with Crippen molar-refractivity contribution >= 4 is 27.3 Å². The van der Waals surface area contributed by atoms with Gasteiger partial charge >= 0.3 is 0 Å². The molecule has 2 aromatic rings. The highest BCUT2D eigenvalue weighted by Gasteiger charge is 2.23. The van der Waals surface area contributed by atoms with E-state index in [1.165, 1.54) is 30.3 Å². The Kier molecular flexibility index (Phi) is 6.55. The topological polar surface area (TPSA) is 57.7 Å². The molecular weight excluding hydrogens is 422 g/mol. The fourth-order valence-corrected chi connectivity index (χ4v) is 4.34. The van der Waals surface area contributed by atoms with Gasteiger partial charge in [-0.15, -0.1) is 0 Å². The van der Waals surface area contributed by atoms with Gasteiger partial charge in [0.15, 0.2) is 9.84 Å². The molecule has 0 atom stereocenters. The normalized spacial score (nSPS) is 15.9. The quantitative estimate of drug-likeness (QED) is 0.728. The molecule has 0 unspecified atom stereocenters. The van der Waals surface area contributed by atoms with Crippen molar-refractivity contribution in [3.63, 3.8) is 0 Å². The minimum atomic E-state index is -3.41. The summed E-state index contributed by atoms with van der Waals surface area (Å²) >= 11 is 6.16. The third-order valence-electron chi connectivity index (χ3n) is 4.80. The van der Waals surface area contributed by atoms with Crippen LogP contribution in [0.3, 0.4) is 0 Å². The molecule has 0 aromatic heterocycles. The third-order valence-corrected chi connectivity index (χ3v) is 6.23. The Morgan fingerprint density at radius 3 is 2.34 bits per heavy atom. The molecule has 9 heteroatoms. The smallest absolute Gasteiger partial charge is 0.255 e. The molecule has 29 heavy (non-hydrogen) atoms. The van der Waals surface area contributed by atoms with Crippen LogP contribution in [0.2, 0.25) is 5.02 Å². The molecule has 1 fully saturated rings. The van der Waals surface area contributed by atoms with Gasteiger partial charge in [-0.3, -0.25) is 9.69 Å². The van der Waals surface area contributed by atoms with Crippen molar-refractivity contribution in [3.05, 3.63) is 64.2 Å². The van der Waals surface area contributed by atoms with Gasteiger partial charge in [0, 0.05) is 45.0 Å². The number of benzene rings is 2. The second kappa shape index (κ2) is 8.77. The van der Waals surface area contributed by atoms with Crippen LogP contribution in [0.4, 0.5) is 8.78 Å². The summed E-state index contributed by atoms with van der Waals surface area (Å²) in [5.41, 5.74) is 0.793. The van der Waals surface area contributed by atoms with E-state index in [2.05, 4.69) is 0 Å². The number of sulfone groups is 1. The molecule has 0 saturated carbocycles. The first-order chi connectivity index (χ1) is 13.6. The zero-order chi connectivity index (χ0) is 21.2. The number of hydrogen-bond donors (Lipinski definition) is 0. The van der Waals surface area contributed by atoms with Gasteiger partial charge in [0.25, 0.3) is 5.91 Å². The molecule has 156 valence electrons. The van der Waals surface area contributed by atoms with Gasteiger partial charge in [0.2, 0.25) is 0 Å². The molecule has 0 radical (unpaired) electrons. The van der Waals surface area contributed by atoms with Crippen LogP contribution in [0.5, 0.6) is 0 Å². The molecule has 1 heterocycles. The van der Waals surface area contributed by atoms with Crippen LogP contribution in [0, 0.1) is 11.6 Å². The lowest BCUT2D eigenvalue weighted by Gasteiger charge is -2.22. The molecule has 1 amide bonds. The molecule has 2 aromatic carbocycles. The Bertz CT molecular complexity index is 1010. The summed E-state index contributed by atoms with van der Waals surface area (Å²) in [5, 5.41) is 0.0919. The number of nitrogens with zero attached hydrogens (tertiary/aromatic N) is 2. The highest BCUT2D eigenvalue weighted by molar-refractivity contribution is 7.90. The lowest BCUT2D eigenvalue weighted by Crippen LogP contribution is -2.35. The maximum atomic E-state index is 13.4. The van der Waals surface area contributed by atoms with E-state index < -0.39 is 21.5 Å². The minimum Gasteiger partial charge on any atom is -0.337 e. The van der Waals surface area contributed by atoms with Crippen molar-refractivity contribution in [2.75, 3.05) is 32.4 Å². The monoisotopic (exact) mass is 442 g/mol. The first-order valence-electron chi connectivity index (χ1n) is 9.10. The molecule has 1 aliphatic rings. The molecular formula is C20H21ClF2N2O3S. The molecule has 0 N–H and O–H groups in total. The van der Waals surface area contributed by atoms with E-state index in [0.717, 1.165) is 12.3 Å². The summed E-state index contributed by atoms with van der Waals surface area (Å²) in [6.45, 7) is 2.56. The van der Waals surface area contributed by atoms with Crippen molar-refractivity contribution in [1.82, 2.24) is 9.80 Å². The van der Waals surface area contributed by atoms with Crippen LogP contribution in [-0.4, -0.2) is 56.6 Å². The highest BCUT2D eigenvalue weighted by atomic mass is 35.5. The lowest BCUT2D eigenvalue weighted by atomic mass is 10.2. The van der Waals surface area contributed by atoms with Crippen LogP contribution in [-0.2, 0) is 16.4 Å². The SMILES string of the molecule is CS(=O)(=O)c1ccc(C(=O)N2CCCN(Cc3cc(F)cc(F)c3)CC2)c(Cl)c1. The van der Waals surface area contributed by atoms with Crippen LogP contribution >= 0.6 is 11.6 Å². The van der Waals surface area contributed by atoms with Crippen molar-refractivity contribution in [2.24, 2.45) is 0 Å². The zero-order valence-electron chi connectivity index (χ0n) is 15.9. The molecule has 5 nitrogen and oxygen atoms in total. The van der Waals surface area contributed by atoms with Gasteiger partial charge in [-0.25, -0.2) is 17.2 Å². The van der Waals surface area contributed by atoms with E-state index >= 15 is 0 Å². The van der Waals surface area contributed by atoms with Crippen LogP contribution < -0.4 is 0 Å². The van der Waals surface area contributed by atoms with Gasteiger partial charge in [0.1, 0.15) is 11.6 Å². The molecule has 0 aliphatic carbocycles. The molecule has 1 saturated heterocycles. The van der Waals surface area contributed by atoms with Crippen molar-refractivity contribution in [3.8, 4) is 0 Å². The van der Waals surface area contributed by atoms with Crippen LogP contribution in [0.1, 0.15) is 22.3 Å². The number of carbonyl (C=O) groups excluding carboxylic acids is 1. The predicted octanol–water partition coefficient (Wildman–Crippen LogP) is 3.37. The average molecular weight is 443 g/mol. The lowest BCUT2D eigenvalue weighted by molar-refractivity contribution is 0.0761. The van der Waals surface area contributed by atoms with E-state index in [0.29, 0.717) is 44.7 Å². The molecule has 3 rings (SSSR count). The van der Waals surface area contributed by atoms with Crippen LogP contribution in [0.25, 0.3) is 0 Å². The zero-order valence-corrected chi connectivity index (χ0v) is 17.4. The Morgan fingerprint density at radius 1 is 1.03 bits per heavy atom. The number of hydrogen-bond acceptors (Lipinski definition) is 4. The Hall–Kier alpha value is -2.03. The summed E-state index contributed by atoms with van der Waals surface area (Å²) in [7, 11) is -3.41. The standard InChI is InChI=1S/C20H21ClF2N2O3S/c1-29(27,28)17-3-4-18(19(21)12-17)20(26)25-6-2-5-24(7-8-25)13-14-9-15(22)11-16(23)10-14/h3-4,9-12H,2,5-8,13H2,1H3. The minimum absolute atomic E-state index is 0.0587. The molecule has 1 aliphatic heterocycles. The van der Waals surface area contributed by atoms with E-state index in [9.17, 15) is 22.0 Å². The van der Waals surface area contributed by atoms with Gasteiger partial charge in [-0.05, 0) is 42.3 Å². The summed E-state index contributed by atoms with van der Waals surface area (Å²) in [6.07, 6.45) is 1.77. The van der Waals surface area contributed by atoms with Gasteiger partial charge in [-0.1, -0.05) is 11.6 Å². The van der Waals surface area contributed by atoms with E-state index in [4.69, 9.17) is 11.6 Å². The number of amides is 1. The summed E-state index contributed by atoms with van der Waals surface area (Å²) < 4.78 is 50.1. The van der Waals surface area contributed by atoms with Crippen molar-refractivity contribution in [1.29, 1.82) is 0 Å². The largest absolute Gasteiger partial charge is 0.337 e. The van der Waals surface area contributed by atoms with E-state index in [1.54, 1.807) is 4.90 Å². The maximum Gasteiger partial charge on any atom is 0.255 e. The maximum absolute atomic E-state index is 13.4. The molecule has 0 spiro atoms. The summed E-state index contributed by atoms with van der Waals surface area (Å²) in [6, 6.07) is 7.54. The average Bonchev–Trinajstić information content (AvgIpc) is 2.85. The first-order valence-corrected chi connectivity index (χ1v) is 11.4. The van der Waals surface area contributed by atoms with E-state index in [1.807, 2.05) is 4.90 Å². The van der Waals surface area contributed by atoms with Crippen molar-refractivity contribution < 1.29 is 22.0 Å². The third kappa shape index (κ3) is 5.52. The van der Waals surface area contributed by atoms with Gasteiger partial charge < -0.3 is 4.90 Å². The summed E-state index contributed by atoms with van der Waals surface area (Å²) in [4.78, 5) is 16.6. The second-order valence-corrected chi connectivity index (χ2v) is 9.54. The summed E-state index contributed by atoms with van der Waals surface area (Å²) in [5.74, 6) is -1.49. The van der Waals surface area contributed by atoms with Crippen LogP contribution in [0.15, 0.2) is 41.3 Å². The van der Waals surface area contributed by atoms with Gasteiger partial charge in [0.05, 0.1) is 15.5 Å². The number of halogens is 3. The van der Waals surface area contributed by atoms with Crippen molar-refractivity contribution in [2.45, 2.75) is 17.9 Å².